The predicted molar refractivity (Wildman–Crippen MR) is 109 cm³/mol. The summed E-state index contributed by atoms with van der Waals surface area (Å²) in [5, 5.41) is 3.11. The maximum absolute atomic E-state index is 12.8. The number of halogens is 5. The van der Waals surface area contributed by atoms with Crippen molar-refractivity contribution in [2.75, 3.05) is 25.0 Å². The summed E-state index contributed by atoms with van der Waals surface area (Å²) >= 11 is 0. The van der Waals surface area contributed by atoms with E-state index in [1.54, 1.807) is 12.1 Å². The Kier molecular flexibility index (Phi) is 6.50. The highest BCUT2D eigenvalue weighted by atomic mass is 19.4. The predicted octanol–water partition coefficient (Wildman–Crippen LogP) is 5.00. The summed E-state index contributed by atoms with van der Waals surface area (Å²) in [5.74, 6) is 0.649. The molecule has 5 nitrogen and oxygen atoms in total. The number of benzene rings is 1. The molecule has 2 aliphatic rings. The largest absolute Gasteiger partial charge is 0.488 e. The number of likely N-dealkylation sites (tertiary alicyclic amines) is 1. The van der Waals surface area contributed by atoms with E-state index < -0.39 is 24.9 Å². The summed E-state index contributed by atoms with van der Waals surface area (Å²) in [4.78, 5) is 9.57. The average molecular weight is 456 g/mol. The molecule has 0 unspecified atom stereocenters. The van der Waals surface area contributed by atoms with Crippen LogP contribution in [0, 0.1) is 5.41 Å². The fraction of sp³-hybridized carbons (Fsp3) is 0.545. The topological polar surface area (TPSA) is 50.3 Å². The molecule has 1 saturated heterocycles. The minimum Gasteiger partial charge on any atom is -0.488 e. The highest BCUT2D eigenvalue weighted by molar-refractivity contribution is 5.38. The van der Waals surface area contributed by atoms with Crippen LogP contribution >= 0.6 is 0 Å². The van der Waals surface area contributed by atoms with Crippen molar-refractivity contribution in [2.45, 2.75) is 50.9 Å². The van der Waals surface area contributed by atoms with Crippen molar-refractivity contribution in [1.82, 2.24) is 14.9 Å². The van der Waals surface area contributed by atoms with Gasteiger partial charge in [-0.15, -0.1) is 0 Å². The Hall–Kier alpha value is -2.49. The molecular formula is C22H25F5N4O. The Labute approximate surface area is 183 Å². The van der Waals surface area contributed by atoms with Gasteiger partial charge in [-0.05, 0) is 61.9 Å². The van der Waals surface area contributed by atoms with Gasteiger partial charge in [0.2, 0.25) is 0 Å². The zero-order valence-corrected chi connectivity index (χ0v) is 17.4. The zero-order chi connectivity index (χ0) is 22.8. The lowest BCUT2D eigenvalue weighted by atomic mass is 9.60. The number of hydrogen-bond donors (Lipinski definition) is 1. The van der Waals surface area contributed by atoms with Crippen LogP contribution in [0.4, 0.5) is 27.8 Å². The molecule has 1 aliphatic carbocycles. The normalized spacial score (nSPS) is 19.2. The Morgan fingerprint density at radius 3 is 2.41 bits per heavy atom. The minimum absolute atomic E-state index is 0.123. The van der Waals surface area contributed by atoms with Crippen LogP contribution < -0.4 is 10.1 Å². The van der Waals surface area contributed by atoms with Gasteiger partial charge >= 0.3 is 6.18 Å². The van der Waals surface area contributed by atoms with E-state index >= 15 is 0 Å². The van der Waals surface area contributed by atoms with Gasteiger partial charge in [0.05, 0.1) is 0 Å². The van der Waals surface area contributed by atoms with Crippen molar-refractivity contribution in [3.05, 3.63) is 47.9 Å². The van der Waals surface area contributed by atoms with E-state index in [-0.39, 0.29) is 17.3 Å². The second-order valence-electron chi connectivity index (χ2n) is 8.66. The molecule has 4 rings (SSSR count). The van der Waals surface area contributed by atoms with E-state index in [1.807, 2.05) is 12.1 Å². The molecule has 1 saturated carbocycles. The van der Waals surface area contributed by atoms with Gasteiger partial charge in [-0.3, -0.25) is 4.90 Å². The van der Waals surface area contributed by atoms with Gasteiger partial charge in [0.15, 0.2) is 0 Å². The van der Waals surface area contributed by atoms with Gasteiger partial charge in [0.25, 0.3) is 6.43 Å². The van der Waals surface area contributed by atoms with E-state index in [2.05, 4.69) is 20.2 Å². The van der Waals surface area contributed by atoms with Crippen LogP contribution in [0.1, 0.15) is 36.9 Å². The number of aromatic nitrogens is 2. The molecule has 0 atom stereocenters. The standard InChI is InChI=1S/C22H25F5N4O/c23-19(24)13-32-17-3-1-15(2-4-17)12-31-7-5-21(6-8-31)10-16(11-21)30-20-9-18(22(25,26)27)28-14-29-20/h1-4,9,14,16,19H,5-8,10-13H2,(H,28,29,30). The number of ether oxygens (including phenoxy) is 1. The van der Waals surface area contributed by atoms with Gasteiger partial charge in [0, 0.05) is 18.7 Å². The average Bonchev–Trinajstić information content (AvgIpc) is 2.73. The maximum atomic E-state index is 12.8. The first kappa shape index (κ1) is 22.7. The molecule has 1 aromatic heterocycles. The second-order valence-corrected chi connectivity index (χ2v) is 8.66. The molecular weight excluding hydrogens is 431 g/mol. The van der Waals surface area contributed by atoms with E-state index in [4.69, 9.17) is 4.74 Å². The van der Waals surface area contributed by atoms with Crippen molar-refractivity contribution in [2.24, 2.45) is 5.41 Å². The lowest BCUT2D eigenvalue weighted by Crippen LogP contribution is -2.51. The zero-order valence-electron chi connectivity index (χ0n) is 17.4. The third-order valence-electron chi connectivity index (χ3n) is 6.29. The molecule has 1 aliphatic heterocycles. The SMILES string of the molecule is FC(F)COc1ccc(CN2CCC3(CC2)CC(Nc2cc(C(F)(F)F)ncn2)C3)cc1. The van der Waals surface area contributed by atoms with Gasteiger partial charge in [-0.1, -0.05) is 12.1 Å². The van der Waals surface area contributed by atoms with E-state index in [9.17, 15) is 22.0 Å². The monoisotopic (exact) mass is 456 g/mol. The molecule has 2 aromatic rings. The maximum Gasteiger partial charge on any atom is 0.433 e. The molecule has 2 fully saturated rings. The minimum atomic E-state index is -4.48. The summed E-state index contributed by atoms with van der Waals surface area (Å²) in [6, 6.07) is 8.29. The van der Waals surface area contributed by atoms with Gasteiger partial charge in [-0.2, -0.15) is 13.2 Å². The molecule has 2 heterocycles. The van der Waals surface area contributed by atoms with Crippen molar-refractivity contribution >= 4 is 5.82 Å². The van der Waals surface area contributed by atoms with Gasteiger partial charge in [0.1, 0.15) is 30.2 Å². The van der Waals surface area contributed by atoms with Crippen molar-refractivity contribution in [3.63, 3.8) is 0 Å². The number of nitrogens with one attached hydrogen (secondary N) is 1. The number of hydrogen-bond acceptors (Lipinski definition) is 5. The van der Waals surface area contributed by atoms with Crippen LogP contribution in [0.2, 0.25) is 0 Å². The van der Waals surface area contributed by atoms with Gasteiger partial charge in [-0.25, -0.2) is 18.7 Å². The highest BCUT2D eigenvalue weighted by Crippen LogP contribution is 2.50. The Morgan fingerprint density at radius 2 is 1.78 bits per heavy atom. The number of alkyl halides is 5. The van der Waals surface area contributed by atoms with Crippen molar-refractivity contribution < 1.29 is 26.7 Å². The Morgan fingerprint density at radius 1 is 1.09 bits per heavy atom. The Bertz CT molecular complexity index is 890. The fourth-order valence-corrected chi connectivity index (χ4v) is 4.59. The van der Waals surface area contributed by atoms with Crippen LogP contribution in [-0.2, 0) is 12.7 Å². The molecule has 1 N–H and O–H groups in total. The Balaban J connectivity index is 1.21. The molecule has 0 bridgehead atoms. The number of anilines is 1. The molecule has 10 heteroatoms. The van der Waals surface area contributed by atoms with Gasteiger partial charge < -0.3 is 10.1 Å². The van der Waals surface area contributed by atoms with Crippen molar-refractivity contribution in [3.8, 4) is 5.75 Å². The van der Waals surface area contributed by atoms with Crippen LogP contribution in [-0.4, -0.2) is 47.0 Å². The summed E-state index contributed by atoms with van der Waals surface area (Å²) in [6.45, 7) is 2.07. The molecule has 1 spiro atoms. The summed E-state index contributed by atoms with van der Waals surface area (Å²) in [5.41, 5.74) is 0.398. The third-order valence-corrected chi connectivity index (χ3v) is 6.29. The number of piperidine rings is 1. The fourth-order valence-electron chi connectivity index (χ4n) is 4.59. The number of nitrogens with zero attached hydrogens (tertiary/aromatic N) is 3. The van der Waals surface area contributed by atoms with Crippen LogP contribution in [0.25, 0.3) is 0 Å². The third kappa shape index (κ3) is 5.65. The second kappa shape index (κ2) is 9.17. The molecule has 0 radical (unpaired) electrons. The summed E-state index contributed by atoms with van der Waals surface area (Å²) < 4.78 is 67.9. The summed E-state index contributed by atoms with van der Waals surface area (Å²) in [6.07, 6.45) is -2.11. The van der Waals surface area contributed by atoms with Crippen molar-refractivity contribution in [1.29, 1.82) is 0 Å². The molecule has 32 heavy (non-hydrogen) atoms. The summed E-state index contributed by atoms with van der Waals surface area (Å²) in [7, 11) is 0. The first-order valence-corrected chi connectivity index (χ1v) is 10.6. The van der Waals surface area contributed by atoms with Crippen LogP contribution in [0.5, 0.6) is 5.75 Å². The molecule has 1 aromatic carbocycles. The van der Waals surface area contributed by atoms with Crippen LogP contribution in [0.3, 0.4) is 0 Å². The first-order valence-electron chi connectivity index (χ1n) is 10.6. The quantitative estimate of drug-likeness (QED) is 0.595. The lowest BCUT2D eigenvalue weighted by Gasteiger charge is -2.52. The smallest absolute Gasteiger partial charge is 0.433 e. The van der Waals surface area contributed by atoms with Crippen LogP contribution in [0.15, 0.2) is 36.7 Å². The molecule has 174 valence electrons. The van der Waals surface area contributed by atoms with E-state index in [0.717, 1.165) is 63.3 Å². The van der Waals surface area contributed by atoms with E-state index in [0.29, 0.717) is 5.75 Å². The van der Waals surface area contributed by atoms with E-state index in [1.165, 1.54) is 0 Å². The lowest BCUT2D eigenvalue weighted by molar-refractivity contribution is -0.141. The number of rotatable bonds is 7. The highest BCUT2D eigenvalue weighted by Gasteiger charge is 2.46. The molecule has 0 amide bonds. The first-order chi connectivity index (χ1) is 15.2.